The fourth-order valence-electron chi connectivity index (χ4n) is 3.02. The maximum atomic E-state index is 10.3. The van der Waals surface area contributed by atoms with E-state index in [9.17, 15) is 15.3 Å². The number of aliphatic hydroxyl groups is 4. The third-order valence-electron chi connectivity index (χ3n) is 4.24. The highest BCUT2D eigenvalue weighted by molar-refractivity contribution is 4.88. The Morgan fingerprint density at radius 3 is 2.39 bits per heavy atom. The molecule has 0 aromatic heterocycles. The summed E-state index contributed by atoms with van der Waals surface area (Å²) in [5.41, 5.74) is 0. The molecule has 18 heavy (non-hydrogen) atoms. The predicted molar refractivity (Wildman–Crippen MR) is 68.8 cm³/mol. The molecule has 1 saturated heterocycles. The van der Waals surface area contributed by atoms with Crippen molar-refractivity contribution in [2.75, 3.05) is 6.61 Å². The zero-order valence-corrected chi connectivity index (χ0v) is 11.5. The van der Waals surface area contributed by atoms with E-state index in [1.807, 2.05) is 20.8 Å². The van der Waals surface area contributed by atoms with Crippen LogP contribution in [0.1, 0.15) is 33.6 Å². The lowest BCUT2D eigenvalue weighted by Crippen LogP contribution is -2.51. The molecule has 1 aliphatic rings. The van der Waals surface area contributed by atoms with E-state index in [0.717, 1.165) is 0 Å². The van der Waals surface area contributed by atoms with Crippen LogP contribution >= 0.6 is 0 Å². The molecule has 0 radical (unpaired) electrons. The van der Waals surface area contributed by atoms with Gasteiger partial charge in [-0.05, 0) is 37.5 Å². The van der Waals surface area contributed by atoms with Crippen LogP contribution < -0.4 is 5.32 Å². The van der Waals surface area contributed by atoms with Gasteiger partial charge in [0, 0.05) is 6.04 Å². The Kier molecular flexibility index (Phi) is 6.01. The van der Waals surface area contributed by atoms with Crippen molar-refractivity contribution in [2.24, 2.45) is 17.8 Å². The van der Waals surface area contributed by atoms with Crippen molar-refractivity contribution in [3.63, 3.8) is 0 Å². The highest BCUT2D eigenvalue weighted by Crippen LogP contribution is 2.31. The molecular weight excluding hydrogens is 234 g/mol. The van der Waals surface area contributed by atoms with E-state index < -0.39 is 18.4 Å². The van der Waals surface area contributed by atoms with Crippen LogP contribution in [0.2, 0.25) is 0 Å². The first kappa shape index (κ1) is 15.9. The molecule has 5 nitrogen and oxygen atoms in total. The fraction of sp³-hybridized carbons (Fsp3) is 1.00. The maximum Gasteiger partial charge on any atom is 0.105 e. The average molecular weight is 261 g/mol. The Morgan fingerprint density at radius 1 is 1.22 bits per heavy atom. The monoisotopic (exact) mass is 261 g/mol. The van der Waals surface area contributed by atoms with E-state index in [0.29, 0.717) is 12.8 Å². The van der Waals surface area contributed by atoms with Crippen LogP contribution in [0.4, 0.5) is 0 Å². The van der Waals surface area contributed by atoms with E-state index in [-0.39, 0.29) is 30.4 Å². The molecule has 0 aromatic carbocycles. The summed E-state index contributed by atoms with van der Waals surface area (Å²) >= 11 is 0. The SMILES string of the molecule is C[C@@H]1[C@@H](O)[C@@H](C)C[C@@H](O)N[C@@H](C)[C@H]1C[C@H](O)CO. The van der Waals surface area contributed by atoms with Gasteiger partial charge in [-0.15, -0.1) is 0 Å². The van der Waals surface area contributed by atoms with Gasteiger partial charge in [-0.1, -0.05) is 13.8 Å². The summed E-state index contributed by atoms with van der Waals surface area (Å²) < 4.78 is 0. The lowest BCUT2D eigenvalue weighted by atomic mass is 9.75. The Morgan fingerprint density at radius 2 is 1.83 bits per heavy atom. The van der Waals surface area contributed by atoms with Gasteiger partial charge in [-0.2, -0.15) is 0 Å². The summed E-state index contributed by atoms with van der Waals surface area (Å²) in [6.07, 6.45) is -0.972. The number of hydrogen-bond acceptors (Lipinski definition) is 5. The maximum absolute atomic E-state index is 10.3. The van der Waals surface area contributed by atoms with Crippen molar-refractivity contribution in [1.82, 2.24) is 5.32 Å². The topological polar surface area (TPSA) is 93.0 Å². The van der Waals surface area contributed by atoms with Gasteiger partial charge in [0.1, 0.15) is 6.23 Å². The third-order valence-corrected chi connectivity index (χ3v) is 4.24. The average Bonchev–Trinajstić information content (AvgIpc) is 2.32. The van der Waals surface area contributed by atoms with E-state index in [2.05, 4.69) is 5.32 Å². The highest BCUT2D eigenvalue weighted by atomic mass is 16.3. The van der Waals surface area contributed by atoms with Crippen molar-refractivity contribution in [3.05, 3.63) is 0 Å². The molecule has 0 unspecified atom stereocenters. The summed E-state index contributed by atoms with van der Waals surface area (Å²) in [5, 5.41) is 41.7. The molecule has 0 bridgehead atoms. The molecule has 0 aromatic rings. The number of hydrogen-bond donors (Lipinski definition) is 5. The largest absolute Gasteiger partial charge is 0.394 e. The van der Waals surface area contributed by atoms with Crippen LogP contribution in [0.3, 0.4) is 0 Å². The van der Waals surface area contributed by atoms with Gasteiger partial charge in [-0.25, -0.2) is 0 Å². The van der Waals surface area contributed by atoms with Crippen molar-refractivity contribution in [2.45, 2.75) is 58.1 Å². The number of rotatable bonds is 3. The second kappa shape index (κ2) is 6.82. The normalized spacial score (nSPS) is 44.2. The minimum absolute atomic E-state index is 0.00349. The van der Waals surface area contributed by atoms with Crippen LogP contribution in [0.5, 0.6) is 0 Å². The fourth-order valence-corrected chi connectivity index (χ4v) is 3.02. The molecule has 0 amide bonds. The number of aliphatic hydroxyl groups excluding tert-OH is 4. The Hall–Kier alpha value is -0.200. The minimum atomic E-state index is -0.777. The molecule has 1 rings (SSSR count). The van der Waals surface area contributed by atoms with Crippen molar-refractivity contribution >= 4 is 0 Å². The summed E-state index contributed by atoms with van der Waals surface area (Å²) in [6, 6.07) is -0.0154. The standard InChI is InChI=1S/C13H27NO4/c1-7-4-12(17)14-9(3)11(5-10(16)6-15)8(2)13(7)18/h7-18H,4-6H2,1-3H3/t7-,8-,9-,10-,11-,12+,13-/m0/s1. The van der Waals surface area contributed by atoms with Gasteiger partial charge in [-0.3, -0.25) is 5.32 Å². The first-order valence-corrected chi connectivity index (χ1v) is 6.77. The van der Waals surface area contributed by atoms with Crippen LogP contribution in [-0.4, -0.2) is 51.5 Å². The van der Waals surface area contributed by atoms with Gasteiger partial charge in [0.2, 0.25) is 0 Å². The zero-order chi connectivity index (χ0) is 13.9. The van der Waals surface area contributed by atoms with Gasteiger partial charge in [0.15, 0.2) is 0 Å². The molecule has 108 valence electrons. The van der Waals surface area contributed by atoms with Crippen molar-refractivity contribution < 1.29 is 20.4 Å². The van der Waals surface area contributed by atoms with E-state index in [4.69, 9.17) is 5.11 Å². The molecule has 1 fully saturated rings. The molecule has 0 aliphatic carbocycles. The molecule has 5 heteroatoms. The van der Waals surface area contributed by atoms with E-state index >= 15 is 0 Å². The molecule has 0 spiro atoms. The van der Waals surface area contributed by atoms with Crippen LogP contribution in [0.25, 0.3) is 0 Å². The third kappa shape index (κ3) is 3.90. The quantitative estimate of drug-likeness (QED) is 0.480. The molecule has 1 aliphatic heterocycles. The summed E-state index contributed by atoms with van der Waals surface area (Å²) in [7, 11) is 0. The molecule has 5 N–H and O–H groups in total. The van der Waals surface area contributed by atoms with Crippen LogP contribution in [0.15, 0.2) is 0 Å². The van der Waals surface area contributed by atoms with Gasteiger partial charge < -0.3 is 20.4 Å². The van der Waals surface area contributed by atoms with Gasteiger partial charge in [0.05, 0.1) is 18.8 Å². The zero-order valence-electron chi connectivity index (χ0n) is 11.5. The Bertz CT molecular complexity index is 251. The minimum Gasteiger partial charge on any atom is -0.394 e. The van der Waals surface area contributed by atoms with Crippen molar-refractivity contribution in [3.8, 4) is 0 Å². The van der Waals surface area contributed by atoms with Crippen LogP contribution in [0, 0.1) is 17.8 Å². The first-order valence-electron chi connectivity index (χ1n) is 6.77. The Labute approximate surface area is 109 Å². The lowest BCUT2D eigenvalue weighted by molar-refractivity contribution is -0.0405. The molecular formula is C13H27NO4. The van der Waals surface area contributed by atoms with Crippen molar-refractivity contribution in [1.29, 1.82) is 0 Å². The summed E-state index contributed by atoms with van der Waals surface area (Å²) in [6.45, 7) is 5.55. The lowest BCUT2D eigenvalue weighted by Gasteiger charge is -2.40. The van der Waals surface area contributed by atoms with E-state index in [1.54, 1.807) is 0 Å². The summed E-state index contributed by atoms with van der Waals surface area (Å²) in [5.74, 6) is 0.0273. The van der Waals surface area contributed by atoms with E-state index in [1.165, 1.54) is 0 Å². The number of nitrogens with one attached hydrogen (secondary N) is 1. The Balaban J connectivity index is 2.81. The highest BCUT2D eigenvalue weighted by Gasteiger charge is 2.36. The van der Waals surface area contributed by atoms with Crippen LogP contribution in [-0.2, 0) is 0 Å². The molecule has 7 atom stereocenters. The first-order chi connectivity index (χ1) is 8.36. The molecule has 0 saturated carbocycles. The summed E-state index contributed by atoms with van der Waals surface area (Å²) in [4.78, 5) is 0. The van der Waals surface area contributed by atoms with Gasteiger partial charge >= 0.3 is 0 Å². The smallest absolute Gasteiger partial charge is 0.105 e. The second-order valence-corrected chi connectivity index (χ2v) is 5.77. The van der Waals surface area contributed by atoms with Gasteiger partial charge in [0.25, 0.3) is 0 Å². The second-order valence-electron chi connectivity index (χ2n) is 5.77. The molecule has 1 heterocycles. The predicted octanol–water partition coefficient (Wildman–Crippen LogP) is -0.321.